The number of esters is 1. The molecule has 0 spiro atoms. The van der Waals surface area contributed by atoms with E-state index in [1.165, 1.54) is 24.8 Å². The third-order valence-corrected chi connectivity index (χ3v) is 9.07. The summed E-state index contributed by atoms with van der Waals surface area (Å²) >= 11 is 0. The molecule has 0 aromatic rings. The van der Waals surface area contributed by atoms with Crippen molar-refractivity contribution in [2.75, 3.05) is 0 Å². The topological polar surface area (TPSA) is 43.4 Å². The standard InChI is InChI=1S/C25H38O3/c1-16(2)5-10-23(27)28-22-9-8-20-19-7-6-17-15-18(26)11-13-24(17,3)21(19)12-14-25(20,22)4/h15-16,19-22H,5-14H2,1-4H3/t19-,20-,21-,22?,24-,25-/m0/s1. The number of hydrogen-bond donors (Lipinski definition) is 0. The molecular weight excluding hydrogens is 348 g/mol. The van der Waals surface area contributed by atoms with Crippen molar-refractivity contribution in [2.45, 2.75) is 98.0 Å². The van der Waals surface area contributed by atoms with Crippen molar-refractivity contribution in [3.63, 3.8) is 0 Å². The van der Waals surface area contributed by atoms with Crippen LogP contribution in [0.25, 0.3) is 0 Å². The molecule has 0 aliphatic heterocycles. The van der Waals surface area contributed by atoms with Gasteiger partial charge >= 0.3 is 5.97 Å². The van der Waals surface area contributed by atoms with E-state index in [0.29, 0.717) is 30.0 Å². The van der Waals surface area contributed by atoms with Crippen LogP contribution in [0.15, 0.2) is 11.6 Å². The number of ketones is 1. The molecule has 6 atom stereocenters. The predicted octanol–water partition coefficient (Wildman–Crippen LogP) is 5.87. The Morgan fingerprint density at radius 3 is 2.64 bits per heavy atom. The molecule has 4 rings (SSSR count). The van der Waals surface area contributed by atoms with Gasteiger partial charge in [-0.25, -0.2) is 0 Å². The van der Waals surface area contributed by atoms with Crippen molar-refractivity contribution in [3.8, 4) is 0 Å². The molecule has 0 radical (unpaired) electrons. The second kappa shape index (κ2) is 7.29. The summed E-state index contributed by atoms with van der Waals surface area (Å²) in [6.45, 7) is 9.15. The van der Waals surface area contributed by atoms with Crippen LogP contribution in [0.5, 0.6) is 0 Å². The van der Waals surface area contributed by atoms with Gasteiger partial charge in [0.2, 0.25) is 0 Å². The van der Waals surface area contributed by atoms with Crippen molar-refractivity contribution in [3.05, 3.63) is 11.6 Å². The third-order valence-electron chi connectivity index (χ3n) is 9.07. The summed E-state index contributed by atoms with van der Waals surface area (Å²) in [5, 5.41) is 0. The van der Waals surface area contributed by atoms with Crippen molar-refractivity contribution < 1.29 is 14.3 Å². The highest BCUT2D eigenvalue weighted by atomic mass is 16.5. The molecular formula is C25H38O3. The Kier molecular flexibility index (Phi) is 5.25. The maximum absolute atomic E-state index is 12.4. The fourth-order valence-electron chi connectivity index (χ4n) is 7.33. The van der Waals surface area contributed by atoms with Gasteiger partial charge in [-0.1, -0.05) is 33.3 Å². The Hall–Kier alpha value is -1.12. The molecule has 0 heterocycles. The molecule has 156 valence electrons. The summed E-state index contributed by atoms with van der Waals surface area (Å²) < 4.78 is 6.06. The highest BCUT2D eigenvalue weighted by molar-refractivity contribution is 5.91. The van der Waals surface area contributed by atoms with E-state index in [1.54, 1.807) is 0 Å². The van der Waals surface area contributed by atoms with Crippen LogP contribution < -0.4 is 0 Å². The van der Waals surface area contributed by atoms with Crippen LogP contribution >= 0.6 is 0 Å². The number of hydrogen-bond acceptors (Lipinski definition) is 3. The number of ether oxygens (including phenoxy) is 1. The van der Waals surface area contributed by atoms with Gasteiger partial charge < -0.3 is 4.74 Å². The molecule has 3 fully saturated rings. The van der Waals surface area contributed by atoms with Gasteiger partial charge in [0, 0.05) is 18.3 Å². The summed E-state index contributed by atoms with van der Waals surface area (Å²) in [7, 11) is 0. The van der Waals surface area contributed by atoms with Gasteiger partial charge in [-0.15, -0.1) is 0 Å². The molecule has 0 amide bonds. The fourth-order valence-corrected chi connectivity index (χ4v) is 7.33. The van der Waals surface area contributed by atoms with Gasteiger partial charge in [0.1, 0.15) is 6.10 Å². The van der Waals surface area contributed by atoms with Gasteiger partial charge in [-0.2, -0.15) is 0 Å². The fraction of sp³-hybridized carbons (Fsp3) is 0.840. The molecule has 4 aliphatic carbocycles. The minimum absolute atomic E-state index is 0.00863. The first kappa shape index (κ1) is 20.2. The van der Waals surface area contributed by atoms with E-state index in [9.17, 15) is 9.59 Å². The molecule has 3 nitrogen and oxygen atoms in total. The molecule has 0 bridgehead atoms. The summed E-state index contributed by atoms with van der Waals surface area (Å²) in [5.41, 5.74) is 1.81. The molecule has 3 saturated carbocycles. The molecule has 0 aromatic heterocycles. The van der Waals surface area contributed by atoms with Crippen LogP contribution in [-0.4, -0.2) is 17.9 Å². The predicted molar refractivity (Wildman–Crippen MR) is 111 cm³/mol. The average Bonchev–Trinajstić information content (AvgIpc) is 2.97. The molecule has 0 N–H and O–H groups in total. The van der Waals surface area contributed by atoms with Crippen molar-refractivity contribution in [1.29, 1.82) is 0 Å². The molecule has 3 heteroatoms. The Morgan fingerprint density at radius 2 is 1.89 bits per heavy atom. The molecule has 1 unspecified atom stereocenters. The van der Waals surface area contributed by atoms with E-state index in [4.69, 9.17) is 4.74 Å². The number of rotatable bonds is 4. The normalized spacial score (nSPS) is 42.5. The first-order valence-electron chi connectivity index (χ1n) is 11.7. The Labute approximate surface area is 170 Å². The van der Waals surface area contributed by atoms with Crippen LogP contribution in [0.1, 0.15) is 91.9 Å². The Bertz CT molecular complexity index is 677. The summed E-state index contributed by atoms with van der Waals surface area (Å²) in [5.74, 6) is 2.99. The zero-order valence-electron chi connectivity index (χ0n) is 18.3. The first-order chi connectivity index (χ1) is 13.2. The van der Waals surface area contributed by atoms with Crippen molar-refractivity contribution in [2.24, 2.45) is 34.5 Å². The number of fused-ring (bicyclic) bond motifs is 5. The van der Waals surface area contributed by atoms with Gasteiger partial charge in [0.05, 0.1) is 0 Å². The average molecular weight is 387 g/mol. The lowest BCUT2D eigenvalue weighted by atomic mass is 9.47. The smallest absolute Gasteiger partial charge is 0.306 e. The first-order valence-corrected chi connectivity index (χ1v) is 11.7. The largest absolute Gasteiger partial charge is 0.462 e. The van der Waals surface area contributed by atoms with Crippen LogP contribution in [0.3, 0.4) is 0 Å². The van der Waals surface area contributed by atoms with Crippen LogP contribution in [-0.2, 0) is 14.3 Å². The monoisotopic (exact) mass is 386 g/mol. The van der Waals surface area contributed by atoms with Gasteiger partial charge in [0.25, 0.3) is 0 Å². The highest BCUT2D eigenvalue weighted by Gasteiger charge is 2.59. The van der Waals surface area contributed by atoms with Crippen LogP contribution in [0.2, 0.25) is 0 Å². The van der Waals surface area contributed by atoms with E-state index in [-0.39, 0.29) is 22.9 Å². The zero-order valence-corrected chi connectivity index (χ0v) is 18.3. The highest BCUT2D eigenvalue weighted by Crippen LogP contribution is 2.65. The Balaban J connectivity index is 1.49. The molecule has 0 saturated heterocycles. The van der Waals surface area contributed by atoms with E-state index in [1.807, 2.05) is 6.08 Å². The second-order valence-corrected chi connectivity index (χ2v) is 11.0. The van der Waals surface area contributed by atoms with E-state index in [2.05, 4.69) is 27.7 Å². The minimum Gasteiger partial charge on any atom is -0.462 e. The maximum atomic E-state index is 12.4. The van der Waals surface area contributed by atoms with Gasteiger partial charge in [-0.3, -0.25) is 9.59 Å². The molecule has 28 heavy (non-hydrogen) atoms. The third kappa shape index (κ3) is 3.27. The Morgan fingerprint density at radius 1 is 1.11 bits per heavy atom. The number of carbonyl (C=O) groups is 2. The van der Waals surface area contributed by atoms with Crippen molar-refractivity contribution in [1.82, 2.24) is 0 Å². The minimum atomic E-state index is 0.00863. The lowest BCUT2D eigenvalue weighted by Crippen LogP contribution is -2.51. The SMILES string of the molecule is CC(C)CCC(=O)OC1CC[C@H]2[C@@H]3CCC4=CC(=O)CC[C@]4(C)[C@H]3CC[C@]12C. The lowest BCUT2D eigenvalue weighted by molar-refractivity contribution is -0.160. The summed E-state index contributed by atoms with van der Waals surface area (Å²) in [6.07, 6.45) is 12.3. The molecule has 4 aliphatic rings. The second-order valence-electron chi connectivity index (χ2n) is 11.0. The van der Waals surface area contributed by atoms with E-state index < -0.39 is 0 Å². The summed E-state index contributed by atoms with van der Waals surface area (Å²) in [4.78, 5) is 24.4. The van der Waals surface area contributed by atoms with Gasteiger partial charge in [-0.05, 0) is 86.5 Å². The van der Waals surface area contributed by atoms with E-state index >= 15 is 0 Å². The quantitative estimate of drug-likeness (QED) is 0.568. The summed E-state index contributed by atoms with van der Waals surface area (Å²) in [6, 6.07) is 0. The number of allylic oxidation sites excluding steroid dienone is 1. The van der Waals surface area contributed by atoms with Crippen LogP contribution in [0, 0.1) is 34.5 Å². The van der Waals surface area contributed by atoms with Crippen molar-refractivity contribution >= 4 is 11.8 Å². The number of carbonyl (C=O) groups excluding carboxylic acids is 2. The maximum Gasteiger partial charge on any atom is 0.306 e. The molecule has 0 aromatic carbocycles. The van der Waals surface area contributed by atoms with Crippen LogP contribution in [0.4, 0.5) is 0 Å². The lowest BCUT2D eigenvalue weighted by Gasteiger charge is -2.57. The van der Waals surface area contributed by atoms with Gasteiger partial charge in [0.15, 0.2) is 5.78 Å². The zero-order chi connectivity index (χ0) is 20.1. The van der Waals surface area contributed by atoms with E-state index in [0.717, 1.165) is 44.4 Å².